The summed E-state index contributed by atoms with van der Waals surface area (Å²) in [6.07, 6.45) is 7.21. The fourth-order valence-corrected chi connectivity index (χ4v) is 3.20. The molecule has 1 atom stereocenters. The lowest BCUT2D eigenvalue weighted by Crippen LogP contribution is -2.32. The third kappa shape index (κ3) is 4.17. The number of rotatable bonds is 8. The molecule has 0 spiro atoms. The molecule has 0 amide bonds. The number of hydrogen-bond acceptors (Lipinski definition) is 3. The minimum atomic E-state index is 0.119. The van der Waals surface area contributed by atoms with Crippen LogP contribution in [0.1, 0.15) is 62.7 Å². The Kier molecular flexibility index (Phi) is 6.46. The minimum absolute atomic E-state index is 0.119. The molecule has 0 aliphatic heterocycles. The second-order valence-electron chi connectivity index (χ2n) is 5.91. The maximum Gasteiger partial charge on any atom is 0.250 e. The molecule has 1 aromatic heterocycles. The van der Waals surface area contributed by atoms with E-state index < -0.39 is 0 Å². The molecule has 2 rings (SSSR count). The van der Waals surface area contributed by atoms with Crippen molar-refractivity contribution < 1.29 is 5.11 Å². The molecule has 4 nitrogen and oxygen atoms in total. The van der Waals surface area contributed by atoms with Crippen LogP contribution in [0.3, 0.4) is 0 Å². The number of aliphatic hydroxyl groups excluding tert-OH is 1. The summed E-state index contributed by atoms with van der Waals surface area (Å²) >= 11 is 0. The number of hydrogen-bond donors (Lipinski definition) is 2. The molecule has 0 saturated heterocycles. The van der Waals surface area contributed by atoms with Gasteiger partial charge < -0.3 is 15.0 Å². The number of fused-ring (bicyclic) bond motifs is 1. The van der Waals surface area contributed by atoms with Crippen LogP contribution >= 0.6 is 0 Å². The molecule has 2 N–H and O–H groups in total. The molecular formula is C17H28N2O2. The molecule has 1 aliphatic carbocycles. The number of pyridine rings is 1. The van der Waals surface area contributed by atoms with Crippen molar-refractivity contribution in [1.82, 2.24) is 9.88 Å². The first kappa shape index (κ1) is 16.2. The zero-order valence-electron chi connectivity index (χ0n) is 13.1. The summed E-state index contributed by atoms with van der Waals surface area (Å²) in [5.41, 5.74) is 2.66. The summed E-state index contributed by atoms with van der Waals surface area (Å²) in [6, 6.07) is 4.14. The lowest BCUT2D eigenvalue weighted by atomic mass is 9.90. The summed E-state index contributed by atoms with van der Waals surface area (Å²) in [7, 11) is 0. The topological polar surface area (TPSA) is 54.3 Å². The molecule has 0 aromatic carbocycles. The van der Waals surface area contributed by atoms with E-state index in [-0.39, 0.29) is 12.2 Å². The predicted octanol–water partition coefficient (Wildman–Crippen LogP) is 2.39. The zero-order chi connectivity index (χ0) is 15.1. The molecule has 1 unspecified atom stereocenters. The highest BCUT2D eigenvalue weighted by molar-refractivity contribution is 5.27. The Labute approximate surface area is 127 Å². The van der Waals surface area contributed by atoms with Gasteiger partial charge in [0.25, 0.3) is 5.56 Å². The molecule has 4 heteroatoms. The van der Waals surface area contributed by atoms with Crippen LogP contribution in [-0.4, -0.2) is 22.8 Å². The van der Waals surface area contributed by atoms with Gasteiger partial charge in [-0.25, -0.2) is 0 Å². The van der Waals surface area contributed by atoms with Crippen molar-refractivity contribution in [3.8, 4) is 0 Å². The summed E-state index contributed by atoms with van der Waals surface area (Å²) in [4.78, 5) is 12.2. The summed E-state index contributed by atoms with van der Waals surface area (Å²) in [6.45, 7) is 4.23. The van der Waals surface area contributed by atoms with Gasteiger partial charge in [-0.2, -0.15) is 0 Å². The van der Waals surface area contributed by atoms with Gasteiger partial charge in [0.05, 0.1) is 0 Å². The Balaban J connectivity index is 2.15. The van der Waals surface area contributed by atoms with E-state index in [1.54, 1.807) is 6.07 Å². The van der Waals surface area contributed by atoms with Crippen LogP contribution in [0.4, 0.5) is 0 Å². The fourth-order valence-electron chi connectivity index (χ4n) is 3.20. The Bertz CT molecular complexity index is 496. The molecule has 0 radical (unpaired) electrons. The van der Waals surface area contributed by atoms with Crippen molar-refractivity contribution in [2.45, 2.75) is 64.5 Å². The Morgan fingerprint density at radius 3 is 2.95 bits per heavy atom. The molecular weight excluding hydrogens is 264 g/mol. The molecule has 0 bridgehead atoms. The van der Waals surface area contributed by atoms with Crippen LogP contribution in [0.2, 0.25) is 0 Å². The highest BCUT2D eigenvalue weighted by Crippen LogP contribution is 2.28. The van der Waals surface area contributed by atoms with E-state index in [1.165, 1.54) is 11.3 Å². The molecule has 118 valence electrons. The van der Waals surface area contributed by atoms with Gasteiger partial charge >= 0.3 is 0 Å². The number of nitrogens with zero attached hydrogens (tertiary/aromatic N) is 1. The number of nitrogens with one attached hydrogen (secondary N) is 1. The normalized spacial score (nSPS) is 17.7. The third-order valence-electron chi connectivity index (χ3n) is 4.29. The SMILES string of the molecule is CCCNC1CCCc2c1ccc(=O)n2CCCCCO. The van der Waals surface area contributed by atoms with Gasteiger partial charge in [0.15, 0.2) is 0 Å². The van der Waals surface area contributed by atoms with Crippen LogP contribution in [0, 0.1) is 0 Å². The van der Waals surface area contributed by atoms with Crippen molar-refractivity contribution in [2.24, 2.45) is 0 Å². The second-order valence-corrected chi connectivity index (χ2v) is 5.91. The standard InChI is InChI=1S/C17H28N2O2/c1-2-11-18-15-7-6-8-16-14(15)9-10-17(21)19(16)12-4-3-5-13-20/h9-10,15,18,20H,2-8,11-13H2,1H3. The van der Waals surface area contributed by atoms with Crippen LogP contribution in [0.25, 0.3) is 0 Å². The third-order valence-corrected chi connectivity index (χ3v) is 4.29. The number of unbranched alkanes of at least 4 members (excludes halogenated alkanes) is 2. The predicted molar refractivity (Wildman–Crippen MR) is 85.6 cm³/mol. The van der Waals surface area contributed by atoms with Gasteiger partial charge in [-0.15, -0.1) is 0 Å². The van der Waals surface area contributed by atoms with Crippen molar-refractivity contribution in [1.29, 1.82) is 0 Å². The summed E-state index contributed by atoms with van der Waals surface area (Å²) in [5.74, 6) is 0. The van der Waals surface area contributed by atoms with E-state index >= 15 is 0 Å². The molecule has 0 saturated carbocycles. The van der Waals surface area contributed by atoms with E-state index in [0.29, 0.717) is 6.04 Å². The van der Waals surface area contributed by atoms with Crippen LogP contribution in [0.5, 0.6) is 0 Å². The summed E-state index contributed by atoms with van der Waals surface area (Å²) in [5, 5.41) is 12.5. The van der Waals surface area contributed by atoms with E-state index in [1.807, 2.05) is 10.6 Å². The first-order valence-corrected chi connectivity index (χ1v) is 8.34. The zero-order valence-corrected chi connectivity index (χ0v) is 13.1. The van der Waals surface area contributed by atoms with Gasteiger partial charge in [0, 0.05) is 31.0 Å². The average molecular weight is 292 g/mol. The van der Waals surface area contributed by atoms with Crippen molar-refractivity contribution in [2.75, 3.05) is 13.2 Å². The van der Waals surface area contributed by atoms with E-state index in [9.17, 15) is 4.79 Å². The lowest BCUT2D eigenvalue weighted by molar-refractivity contribution is 0.281. The number of aromatic nitrogens is 1. The number of aliphatic hydroxyl groups is 1. The highest BCUT2D eigenvalue weighted by Gasteiger charge is 2.22. The average Bonchev–Trinajstić information content (AvgIpc) is 2.51. The van der Waals surface area contributed by atoms with Gasteiger partial charge in [0.1, 0.15) is 0 Å². The maximum atomic E-state index is 12.2. The van der Waals surface area contributed by atoms with E-state index in [0.717, 1.165) is 58.0 Å². The van der Waals surface area contributed by atoms with Crippen molar-refractivity contribution in [3.63, 3.8) is 0 Å². The molecule has 1 heterocycles. The van der Waals surface area contributed by atoms with Gasteiger partial charge in [-0.3, -0.25) is 4.79 Å². The van der Waals surface area contributed by atoms with Crippen LogP contribution in [-0.2, 0) is 13.0 Å². The highest BCUT2D eigenvalue weighted by atomic mass is 16.2. The molecule has 21 heavy (non-hydrogen) atoms. The summed E-state index contributed by atoms with van der Waals surface area (Å²) < 4.78 is 1.96. The van der Waals surface area contributed by atoms with Gasteiger partial charge in [-0.05, 0) is 57.1 Å². The van der Waals surface area contributed by atoms with E-state index in [2.05, 4.69) is 12.2 Å². The molecule has 1 aliphatic rings. The molecule has 0 fully saturated rings. The van der Waals surface area contributed by atoms with Crippen LogP contribution in [0.15, 0.2) is 16.9 Å². The quantitative estimate of drug-likeness (QED) is 0.723. The Hall–Kier alpha value is -1.13. The van der Waals surface area contributed by atoms with Crippen LogP contribution < -0.4 is 10.9 Å². The van der Waals surface area contributed by atoms with Gasteiger partial charge in [-0.1, -0.05) is 13.0 Å². The van der Waals surface area contributed by atoms with E-state index in [4.69, 9.17) is 5.11 Å². The van der Waals surface area contributed by atoms with Crippen molar-refractivity contribution >= 4 is 0 Å². The fraction of sp³-hybridized carbons (Fsp3) is 0.706. The van der Waals surface area contributed by atoms with Crippen molar-refractivity contribution in [3.05, 3.63) is 33.7 Å². The molecule has 1 aromatic rings. The van der Waals surface area contributed by atoms with Gasteiger partial charge in [0.2, 0.25) is 0 Å². The monoisotopic (exact) mass is 292 g/mol. The smallest absolute Gasteiger partial charge is 0.250 e. The largest absolute Gasteiger partial charge is 0.396 e. The lowest BCUT2D eigenvalue weighted by Gasteiger charge is -2.28. The second kappa shape index (κ2) is 8.35. The maximum absolute atomic E-state index is 12.2. The Morgan fingerprint density at radius 2 is 2.19 bits per heavy atom. The minimum Gasteiger partial charge on any atom is -0.396 e. The Morgan fingerprint density at radius 1 is 1.33 bits per heavy atom. The first-order valence-electron chi connectivity index (χ1n) is 8.34. The first-order chi connectivity index (χ1) is 10.3.